The van der Waals surface area contributed by atoms with E-state index in [4.69, 9.17) is 9.47 Å². The molecule has 3 aromatic carbocycles. The predicted octanol–water partition coefficient (Wildman–Crippen LogP) is 7.61. The first-order valence-electron chi connectivity index (χ1n) is 10.6. The van der Waals surface area contributed by atoms with Gasteiger partial charge in [-0.2, -0.15) is 10.5 Å². The molecule has 0 unspecified atom stereocenters. The average Bonchev–Trinajstić information content (AvgIpc) is 2.73. The smallest absolute Gasteiger partial charge is 0.171 e. The Bertz CT molecular complexity index is 1120. The Morgan fingerprint density at radius 3 is 1.22 bits per heavy atom. The minimum Gasteiger partial charge on any atom is -0.453 e. The monoisotopic (exact) mass is 424 g/mol. The predicted molar refractivity (Wildman–Crippen MR) is 126 cm³/mol. The number of para-hydroxylation sites is 2. The van der Waals surface area contributed by atoms with E-state index < -0.39 is 0 Å². The van der Waals surface area contributed by atoms with E-state index in [2.05, 4.69) is 53.7 Å². The van der Waals surface area contributed by atoms with Crippen LogP contribution in [-0.2, 0) is 10.8 Å². The molecule has 0 fully saturated rings. The molecule has 3 rings (SSSR count). The molecule has 0 amide bonds. The van der Waals surface area contributed by atoms with Crippen molar-refractivity contribution in [3.8, 4) is 35.1 Å². The van der Waals surface area contributed by atoms with Crippen molar-refractivity contribution in [3.63, 3.8) is 0 Å². The summed E-state index contributed by atoms with van der Waals surface area (Å²) in [7, 11) is 0. The van der Waals surface area contributed by atoms with Gasteiger partial charge in [-0.3, -0.25) is 0 Å². The summed E-state index contributed by atoms with van der Waals surface area (Å²) in [6.07, 6.45) is 0. The lowest BCUT2D eigenvalue weighted by Crippen LogP contribution is -2.13. The van der Waals surface area contributed by atoms with Gasteiger partial charge in [0.05, 0.1) is 11.1 Å². The molecule has 0 heterocycles. The maximum Gasteiger partial charge on any atom is 0.171 e. The molecule has 0 atom stereocenters. The summed E-state index contributed by atoms with van der Waals surface area (Å²) in [5.74, 6) is 2.15. The summed E-state index contributed by atoms with van der Waals surface area (Å²) in [4.78, 5) is 0. The Morgan fingerprint density at radius 1 is 0.562 bits per heavy atom. The second-order valence-corrected chi connectivity index (χ2v) is 9.76. The molecule has 0 aliphatic rings. The van der Waals surface area contributed by atoms with E-state index in [1.165, 1.54) is 0 Å². The summed E-state index contributed by atoms with van der Waals surface area (Å²) < 4.78 is 12.6. The maximum atomic E-state index is 9.56. The van der Waals surface area contributed by atoms with Crippen molar-refractivity contribution in [1.29, 1.82) is 10.5 Å². The molecule has 0 radical (unpaired) electrons. The van der Waals surface area contributed by atoms with Gasteiger partial charge in [0.2, 0.25) is 0 Å². The Balaban J connectivity index is 2.15. The van der Waals surface area contributed by atoms with Gasteiger partial charge in [0, 0.05) is 23.3 Å². The SMILES string of the molecule is CC(C)(C)c1ccccc1Oc1cc(C#N)c(C#N)cc1Oc1ccccc1C(C)(C)C. The number of ether oxygens (including phenoxy) is 2. The highest BCUT2D eigenvalue weighted by Crippen LogP contribution is 2.42. The van der Waals surface area contributed by atoms with Crippen LogP contribution in [0.3, 0.4) is 0 Å². The van der Waals surface area contributed by atoms with Crippen LogP contribution in [0, 0.1) is 22.7 Å². The van der Waals surface area contributed by atoms with Gasteiger partial charge >= 0.3 is 0 Å². The van der Waals surface area contributed by atoms with Gasteiger partial charge in [-0.25, -0.2) is 0 Å². The van der Waals surface area contributed by atoms with E-state index in [0.29, 0.717) is 23.0 Å². The summed E-state index contributed by atoms with van der Waals surface area (Å²) in [6.45, 7) is 12.7. The molecular formula is C28H28N2O2. The standard InChI is InChI=1S/C28H28N2O2/c1-27(2,3)21-11-7-9-13-23(21)31-25-15-19(17-29)20(18-30)16-26(25)32-24-14-10-8-12-22(24)28(4,5)6/h7-16H,1-6H3. The highest BCUT2D eigenvalue weighted by Gasteiger charge is 2.23. The number of hydrogen-bond donors (Lipinski definition) is 0. The van der Waals surface area contributed by atoms with Gasteiger partial charge in [0.25, 0.3) is 0 Å². The van der Waals surface area contributed by atoms with E-state index >= 15 is 0 Å². The first-order valence-corrected chi connectivity index (χ1v) is 10.6. The molecule has 4 nitrogen and oxygen atoms in total. The molecule has 0 bridgehead atoms. The minimum atomic E-state index is -0.138. The molecule has 0 saturated heterocycles. The quantitative estimate of drug-likeness (QED) is 0.432. The Kier molecular flexibility index (Phi) is 6.28. The number of rotatable bonds is 4. The van der Waals surface area contributed by atoms with Crippen LogP contribution in [0.4, 0.5) is 0 Å². The van der Waals surface area contributed by atoms with Gasteiger partial charge in [0.15, 0.2) is 11.5 Å². The summed E-state index contributed by atoms with van der Waals surface area (Å²) in [6, 6.07) is 23.0. The van der Waals surface area contributed by atoms with Crippen LogP contribution in [0.5, 0.6) is 23.0 Å². The third kappa shape index (κ3) is 4.93. The molecule has 3 aromatic rings. The van der Waals surface area contributed by atoms with Crippen LogP contribution in [0.2, 0.25) is 0 Å². The average molecular weight is 425 g/mol. The van der Waals surface area contributed by atoms with E-state index in [1.807, 2.05) is 48.5 Å². The third-order valence-electron chi connectivity index (χ3n) is 5.15. The fourth-order valence-corrected chi connectivity index (χ4v) is 3.49. The second kappa shape index (κ2) is 8.77. The summed E-state index contributed by atoms with van der Waals surface area (Å²) in [5, 5.41) is 19.1. The number of nitrogens with zero attached hydrogens (tertiary/aromatic N) is 2. The van der Waals surface area contributed by atoms with E-state index in [-0.39, 0.29) is 22.0 Å². The molecule has 4 heteroatoms. The number of benzene rings is 3. The van der Waals surface area contributed by atoms with Gasteiger partial charge in [-0.1, -0.05) is 77.9 Å². The lowest BCUT2D eigenvalue weighted by Gasteiger charge is -2.25. The van der Waals surface area contributed by atoms with Gasteiger partial charge in [-0.15, -0.1) is 0 Å². The lowest BCUT2D eigenvalue weighted by molar-refractivity contribution is 0.401. The second-order valence-electron chi connectivity index (χ2n) is 9.76. The van der Waals surface area contributed by atoms with Crippen molar-refractivity contribution in [3.05, 3.63) is 82.9 Å². The van der Waals surface area contributed by atoms with Crippen molar-refractivity contribution >= 4 is 0 Å². The number of hydrogen-bond acceptors (Lipinski definition) is 4. The van der Waals surface area contributed by atoms with Gasteiger partial charge in [0.1, 0.15) is 23.6 Å². The summed E-state index contributed by atoms with van der Waals surface area (Å²) >= 11 is 0. The Hall–Kier alpha value is -3.76. The van der Waals surface area contributed by atoms with Crippen LogP contribution in [-0.4, -0.2) is 0 Å². The Labute approximate surface area is 190 Å². The van der Waals surface area contributed by atoms with Crippen LogP contribution < -0.4 is 9.47 Å². The largest absolute Gasteiger partial charge is 0.453 e. The zero-order valence-corrected chi connectivity index (χ0v) is 19.5. The highest BCUT2D eigenvalue weighted by molar-refractivity contribution is 5.59. The van der Waals surface area contributed by atoms with Crippen molar-refractivity contribution in [2.75, 3.05) is 0 Å². The number of nitriles is 2. The van der Waals surface area contributed by atoms with Crippen LogP contribution in [0.25, 0.3) is 0 Å². The van der Waals surface area contributed by atoms with Crippen molar-refractivity contribution in [2.45, 2.75) is 52.4 Å². The highest BCUT2D eigenvalue weighted by atomic mass is 16.5. The Morgan fingerprint density at radius 2 is 0.906 bits per heavy atom. The lowest BCUT2D eigenvalue weighted by atomic mass is 9.86. The minimum absolute atomic E-state index is 0.138. The zero-order valence-electron chi connectivity index (χ0n) is 19.5. The molecule has 32 heavy (non-hydrogen) atoms. The topological polar surface area (TPSA) is 66.0 Å². The van der Waals surface area contributed by atoms with Crippen LogP contribution in [0.1, 0.15) is 63.8 Å². The molecule has 0 spiro atoms. The molecule has 162 valence electrons. The molecule has 0 aliphatic carbocycles. The zero-order chi connectivity index (χ0) is 23.5. The maximum absolute atomic E-state index is 9.56. The van der Waals surface area contributed by atoms with Gasteiger partial charge in [-0.05, 0) is 23.0 Å². The normalized spacial score (nSPS) is 11.4. The molecule has 0 aromatic heterocycles. The molecule has 0 saturated carbocycles. The summed E-state index contributed by atoms with van der Waals surface area (Å²) in [5.41, 5.74) is 2.27. The van der Waals surface area contributed by atoms with E-state index in [0.717, 1.165) is 11.1 Å². The fraction of sp³-hybridized carbons (Fsp3) is 0.286. The van der Waals surface area contributed by atoms with Gasteiger partial charge < -0.3 is 9.47 Å². The van der Waals surface area contributed by atoms with E-state index in [1.54, 1.807) is 12.1 Å². The molecule has 0 N–H and O–H groups in total. The molecular weight excluding hydrogens is 396 g/mol. The van der Waals surface area contributed by atoms with Crippen LogP contribution in [0.15, 0.2) is 60.7 Å². The van der Waals surface area contributed by atoms with Crippen molar-refractivity contribution < 1.29 is 9.47 Å². The first kappa shape index (κ1) is 22.9. The van der Waals surface area contributed by atoms with E-state index in [9.17, 15) is 10.5 Å². The first-order chi connectivity index (χ1) is 15.0. The van der Waals surface area contributed by atoms with Crippen molar-refractivity contribution in [2.24, 2.45) is 0 Å². The molecule has 0 aliphatic heterocycles. The van der Waals surface area contributed by atoms with Crippen molar-refractivity contribution in [1.82, 2.24) is 0 Å². The third-order valence-corrected chi connectivity index (χ3v) is 5.15. The van der Waals surface area contributed by atoms with Crippen LogP contribution >= 0.6 is 0 Å². The fourth-order valence-electron chi connectivity index (χ4n) is 3.49.